The number of pyridine rings is 1. The molecular weight excluding hydrogens is 338 g/mol. The first-order valence-corrected chi connectivity index (χ1v) is 10.6. The van der Waals surface area contributed by atoms with Gasteiger partial charge in [0, 0.05) is 45.0 Å². The Labute approximate surface area is 163 Å². The first-order chi connectivity index (χ1) is 13.2. The predicted octanol–water partition coefficient (Wildman–Crippen LogP) is 3.64. The molecule has 0 radical (unpaired) electrons. The van der Waals surface area contributed by atoms with E-state index >= 15 is 0 Å². The molecule has 0 aromatic carbocycles. The Balaban J connectivity index is 1.61. The molecule has 0 bridgehead atoms. The van der Waals surface area contributed by atoms with Gasteiger partial charge in [0.2, 0.25) is 11.8 Å². The zero-order valence-electron chi connectivity index (χ0n) is 16.6. The van der Waals surface area contributed by atoms with Crippen LogP contribution in [0.4, 0.5) is 0 Å². The van der Waals surface area contributed by atoms with Gasteiger partial charge in [-0.2, -0.15) is 0 Å². The molecule has 1 atom stereocenters. The Morgan fingerprint density at radius 2 is 2.07 bits per heavy atom. The third-order valence-corrected chi connectivity index (χ3v) is 5.95. The van der Waals surface area contributed by atoms with E-state index in [9.17, 15) is 9.59 Å². The van der Waals surface area contributed by atoms with Gasteiger partial charge in [-0.1, -0.05) is 32.3 Å². The number of nitrogens with zero attached hydrogens (tertiary/aromatic N) is 3. The molecule has 1 saturated carbocycles. The molecule has 2 aliphatic rings. The Kier molecular flexibility index (Phi) is 7.25. The minimum atomic E-state index is -0.0606. The monoisotopic (exact) mass is 371 g/mol. The first kappa shape index (κ1) is 19.8. The van der Waals surface area contributed by atoms with E-state index in [2.05, 4.69) is 11.9 Å². The fourth-order valence-electron chi connectivity index (χ4n) is 4.48. The van der Waals surface area contributed by atoms with E-state index in [-0.39, 0.29) is 17.7 Å². The molecule has 1 aromatic heterocycles. The summed E-state index contributed by atoms with van der Waals surface area (Å²) in [7, 11) is 0. The van der Waals surface area contributed by atoms with Crippen LogP contribution in [-0.2, 0) is 16.1 Å². The second kappa shape index (κ2) is 9.86. The molecule has 2 fully saturated rings. The minimum Gasteiger partial charge on any atom is -0.342 e. The Hall–Kier alpha value is -1.91. The van der Waals surface area contributed by atoms with Gasteiger partial charge < -0.3 is 9.80 Å². The summed E-state index contributed by atoms with van der Waals surface area (Å²) in [5.74, 6) is 0.994. The molecule has 1 unspecified atom stereocenters. The molecule has 5 nitrogen and oxygen atoms in total. The van der Waals surface area contributed by atoms with Crippen molar-refractivity contribution < 1.29 is 9.59 Å². The molecule has 1 aliphatic carbocycles. The smallest absolute Gasteiger partial charge is 0.227 e. The number of carbonyl (C=O) groups excluding carboxylic acids is 2. The van der Waals surface area contributed by atoms with E-state index in [0.717, 1.165) is 25.1 Å². The van der Waals surface area contributed by atoms with E-state index in [4.69, 9.17) is 0 Å². The maximum absolute atomic E-state index is 13.2. The lowest BCUT2D eigenvalue weighted by atomic mass is 9.87. The van der Waals surface area contributed by atoms with Crippen molar-refractivity contribution in [2.75, 3.05) is 19.6 Å². The van der Waals surface area contributed by atoms with Gasteiger partial charge in [0.25, 0.3) is 0 Å². The molecule has 1 saturated heterocycles. The molecule has 5 heteroatoms. The average molecular weight is 372 g/mol. The first-order valence-electron chi connectivity index (χ1n) is 10.6. The van der Waals surface area contributed by atoms with Gasteiger partial charge in [-0.25, -0.2) is 0 Å². The maximum Gasteiger partial charge on any atom is 0.227 e. The number of amides is 2. The largest absolute Gasteiger partial charge is 0.342 e. The molecule has 0 N–H and O–H groups in total. The number of carbonyl (C=O) groups is 2. The van der Waals surface area contributed by atoms with Crippen LogP contribution in [0.15, 0.2) is 24.5 Å². The normalized spacial score (nSPS) is 21.3. The van der Waals surface area contributed by atoms with Gasteiger partial charge in [-0.05, 0) is 43.2 Å². The summed E-state index contributed by atoms with van der Waals surface area (Å²) < 4.78 is 0. The van der Waals surface area contributed by atoms with Crippen LogP contribution in [0.3, 0.4) is 0 Å². The SMILES string of the molecule is CCCN(Cc1cccnc1)C(=O)C1CCC(=O)N(CC2CCCCC2)C1. The van der Waals surface area contributed by atoms with Crippen LogP contribution in [0.25, 0.3) is 0 Å². The Morgan fingerprint density at radius 1 is 1.26 bits per heavy atom. The second-order valence-corrected chi connectivity index (χ2v) is 8.16. The van der Waals surface area contributed by atoms with Gasteiger partial charge in [0.15, 0.2) is 0 Å². The number of aromatic nitrogens is 1. The number of piperidine rings is 1. The van der Waals surface area contributed by atoms with Crippen molar-refractivity contribution in [1.82, 2.24) is 14.8 Å². The lowest BCUT2D eigenvalue weighted by Crippen LogP contribution is -2.48. The van der Waals surface area contributed by atoms with E-state index in [0.29, 0.717) is 31.8 Å². The summed E-state index contributed by atoms with van der Waals surface area (Å²) in [5.41, 5.74) is 1.06. The van der Waals surface area contributed by atoms with Crippen molar-refractivity contribution in [2.45, 2.75) is 64.8 Å². The number of likely N-dealkylation sites (tertiary alicyclic amines) is 1. The summed E-state index contributed by atoms with van der Waals surface area (Å²) in [5, 5.41) is 0. The average Bonchev–Trinajstić information content (AvgIpc) is 2.70. The highest BCUT2D eigenvalue weighted by atomic mass is 16.2. The van der Waals surface area contributed by atoms with E-state index in [1.165, 1.54) is 32.1 Å². The molecule has 2 amide bonds. The third kappa shape index (κ3) is 5.53. The summed E-state index contributed by atoms with van der Waals surface area (Å²) in [6, 6.07) is 3.93. The summed E-state index contributed by atoms with van der Waals surface area (Å²) in [6.45, 7) is 4.90. The number of rotatable bonds is 7. The fraction of sp³-hybridized carbons (Fsp3) is 0.682. The third-order valence-electron chi connectivity index (χ3n) is 5.95. The van der Waals surface area contributed by atoms with Crippen LogP contribution >= 0.6 is 0 Å². The molecule has 0 spiro atoms. The molecule has 148 valence electrons. The molecule has 1 aromatic rings. The number of hydrogen-bond acceptors (Lipinski definition) is 3. The molecular formula is C22H33N3O2. The Bertz CT molecular complexity index is 613. The van der Waals surface area contributed by atoms with E-state index in [1.807, 2.05) is 28.1 Å². The highest BCUT2D eigenvalue weighted by Gasteiger charge is 2.33. The lowest BCUT2D eigenvalue weighted by molar-refractivity contribution is -0.144. The standard InChI is InChI=1S/C22H33N3O2/c1-2-13-24(16-19-9-6-12-23-14-19)22(27)20-10-11-21(26)25(17-20)15-18-7-4-3-5-8-18/h6,9,12,14,18,20H,2-5,7-8,10-11,13,15-17H2,1H3. The zero-order valence-corrected chi connectivity index (χ0v) is 16.6. The van der Waals surface area contributed by atoms with Gasteiger partial charge in [0.05, 0.1) is 5.92 Å². The van der Waals surface area contributed by atoms with Crippen LogP contribution in [0, 0.1) is 11.8 Å². The maximum atomic E-state index is 13.2. The van der Waals surface area contributed by atoms with Crippen molar-refractivity contribution in [3.63, 3.8) is 0 Å². The number of hydrogen-bond donors (Lipinski definition) is 0. The van der Waals surface area contributed by atoms with Crippen LogP contribution < -0.4 is 0 Å². The van der Waals surface area contributed by atoms with Crippen molar-refractivity contribution >= 4 is 11.8 Å². The minimum absolute atomic E-state index is 0.0606. The summed E-state index contributed by atoms with van der Waals surface area (Å²) in [6.07, 6.45) is 12.1. The highest BCUT2D eigenvalue weighted by Crippen LogP contribution is 2.27. The molecule has 27 heavy (non-hydrogen) atoms. The summed E-state index contributed by atoms with van der Waals surface area (Å²) >= 11 is 0. The van der Waals surface area contributed by atoms with Crippen LogP contribution in [0.2, 0.25) is 0 Å². The summed E-state index contributed by atoms with van der Waals surface area (Å²) in [4.78, 5) is 33.7. The molecule has 3 rings (SSSR count). The predicted molar refractivity (Wildman–Crippen MR) is 106 cm³/mol. The highest BCUT2D eigenvalue weighted by molar-refractivity contribution is 5.84. The van der Waals surface area contributed by atoms with Gasteiger partial charge >= 0.3 is 0 Å². The fourth-order valence-corrected chi connectivity index (χ4v) is 4.48. The van der Waals surface area contributed by atoms with Gasteiger partial charge in [0.1, 0.15) is 0 Å². The van der Waals surface area contributed by atoms with Crippen LogP contribution in [0.5, 0.6) is 0 Å². The quantitative estimate of drug-likeness (QED) is 0.735. The van der Waals surface area contributed by atoms with Gasteiger partial charge in [-0.15, -0.1) is 0 Å². The van der Waals surface area contributed by atoms with Gasteiger partial charge in [-0.3, -0.25) is 14.6 Å². The molecule has 2 heterocycles. The van der Waals surface area contributed by atoms with Crippen molar-refractivity contribution in [1.29, 1.82) is 0 Å². The van der Waals surface area contributed by atoms with E-state index < -0.39 is 0 Å². The van der Waals surface area contributed by atoms with Crippen molar-refractivity contribution in [2.24, 2.45) is 11.8 Å². The zero-order chi connectivity index (χ0) is 19.1. The van der Waals surface area contributed by atoms with Crippen molar-refractivity contribution in [3.05, 3.63) is 30.1 Å². The molecule has 1 aliphatic heterocycles. The van der Waals surface area contributed by atoms with Crippen molar-refractivity contribution in [3.8, 4) is 0 Å². The lowest BCUT2D eigenvalue weighted by Gasteiger charge is -2.37. The van der Waals surface area contributed by atoms with E-state index in [1.54, 1.807) is 6.20 Å². The second-order valence-electron chi connectivity index (χ2n) is 8.16. The Morgan fingerprint density at radius 3 is 2.78 bits per heavy atom. The van der Waals surface area contributed by atoms with Crippen LogP contribution in [0.1, 0.15) is 63.9 Å². The van der Waals surface area contributed by atoms with Crippen LogP contribution in [-0.4, -0.2) is 46.2 Å². The topological polar surface area (TPSA) is 53.5 Å².